The van der Waals surface area contributed by atoms with E-state index in [0.29, 0.717) is 6.04 Å². The maximum atomic E-state index is 6.12. The van der Waals surface area contributed by atoms with Crippen molar-refractivity contribution in [2.24, 2.45) is 0 Å². The van der Waals surface area contributed by atoms with Crippen molar-refractivity contribution in [1.29, 1.82) is 0 Å². The second-order valence-electron chi connectivity index (χ2n) is 6.24. The first-order valence-corrected chi connectivity index (χ1v) is 8.64. The van der Waals surface area contributed by atoms with E-state index in [1.807, 2.05) is 18.2 Å². The zero-order chi connectivity index (χ0) is 15.8. The van der Waals surface area contributed by atoms with Crippen LogP contribution in [0.25, 0.3) is 21.9 Å². The van der Waals surface area contributed by atoms with Gasteiger partial charge in [0.1, 0.15) is 23.4 Å². The second-order valence-corrected chi connectivity index (χ2v) is 6.68. The third-order valence-corrected chi connectivity index (χ3v) is 5.18. The number of aromatic amines is 1. The first-order chi connectivity index (χ1) is 11.3. The molecule has 4 rings (SSSR count). The number of H-pyrrole nitrogens is 1. The Bertz CT molecular complexity index is 843. The molecule has 1 unspecified atom stereocenters. The molecule has 3 heterocycles. The van der Waals surface area contributed by atoms with Crippen molar-refractivity contribution >= 4 is 39.4 Å². The number of quaternary nitrogens is 1. The fourth-order valence-electron chi connectivity index (χ4n) is 3.71. The molecule has 5 nitrogen and oxygen atoms in total. The van der Waals surface area contributed by atoms with Gasteiger partial charge in [-0.2, -0.15) is 0 Å². The number of likely N-dealkylation sites (N-methyl/N-ethyl adjacent to an activating group) is 1. The first kappa shape index (κ1) is 14.7. The summed E-state index contributed by atoms with van der Waals surface area (Å²) in [6, 6.07) is 6.50. The summed E-state index contributed by atoms with van der Waals surface area (Å²) in [6.07, 6.45) is 4.23. The highest BCUT2D eigenvalue weighted by molar-refractivity contribution is 6.31. The molecule has 0 spiro atoms. The molecule has 120 valence electrons. The molecule has 2 atom stereocenters. The number of likely N-dealkylation sites (tertiary alicyclic amines) is 1. The molecule has 2 aromatic heterocycles. The summed E-state index contributed by atoms with van der Waals surface area (Å²) in [4.78, 5) is 14.0. The van der Waals surface area contributed by atoms with Crippen LogP contribution >= 0.6 is 11.6 Å². The predicted octanol–water partition coefficient (Wildman–Crippen LogP) is 2.24. The van der Waals surface area contributed by atoms with Gasteiger partial charge in [0.15, 0.2) is 5.82 Å². The highest BCUT2D eigenvalue weighted by Gasteiger charge is 2.26. The highest BCUT2D eigenvalue weighted by atomic mass is 35.5. The van der Waals surface area contributed by atoms with Gasteiger partial charge >= 0.3 is 0 Å². The van der Waals surface area contributed by atoms with Crippen LogP contribution in [0.3, 0.4) is 0 Å². The Morgan fingerprint density at radius 1 is 1.39 bits per heavy atom. The molecule has 1 aliphatic heterocycles. The van der Waals surface area contributed by atoms with Crippen LogP contribution in [0.5, 0.6) is 0 Å². The van der Waals surface area contributed by atoms with Gasteiger partial charge in [-0.1, -0.05) is 11.6 Å². The molecule has 1 fully saturated rings. The lowest BCUT2D eigenvalue weighted by molar-refractivity contribution is -0.908. The number of rotatable bonds is 4. The van der Waals surface area contributed by atoms with Crippen molar-refractivity contribution in [2.75, 3.05) is 25.0 Å². The molecule has 1 aromatic carbocycles. The number of nitrogens with one attached hydrogen (secondary N) is 3. The van der Waals surface area contributed by atoms with Crippen molar-refractivity contribution in [2.45, 2.75) is 25.8 Å². The van der Waals surface area contributed by atoms with Crippen LogP contribution in [0.1, 0.15) is 19.8 Å². The van der Waals surface area contributed by atoms with Crippen LogP contribution in [0.15, 0.2) is 24.5 Å². The summed E-state index contributed by atoms with van der Waals surface area (Å²) in [5, 5.41) is 5.30. The summed E-state index contributed by atoms with van der Waals surface area (Å²) in [5.74, 6) is 0.879. The number of benzene rings is 1. The Morgan fingerprint density at radius 3 is 3.17 bits per heavy atom. The molecule has 6 heteroatoms. The van der Waals surface area contributed by atoms with Gasteiger partial charge in [-0.05, 0) is 25.1 Å². The van der Waals surface area contributed by atoms with E-state index in [1.165, 1.54) is 25.9 Å². The lowest BCUT2D eigenvalue weighted by Gasteiger charge is -2.20. The molecule has 0 saturated carbocycles. The molecular formula is C17H21ClN5+. The van der Waals surface area contributed by atoms with E-state index in [2.05, 4.69) is 27.2 Å². The molecule has 0 radical (unpaired) electrons. The molecule has 0 bridgehead atoms. The summed E-state index contributed by atoms with van der Waals surface area (Å²) in [5.41, 5.74) is 2.92. The highest BCUT2D eigenvalue weighted by Crippen LogP contribution is 2.29. The molecule has 1 aliphatic rings. The SMILES string of the molecule is CC[NH+]1CCC[C@H]1CNc1ncnc2c1[nH]c1ccc(Cl)cc12. The van der Waals surface area contributed by atoms with Crippen LogP contribution in [0.2, 0.25) is 5.02 Å². The van der Waals surface area contributed by atoms with Crippen molar-refractivity contribution in [1.82, 2.24) is 15.0 Å². The molecule has 3 N–H and O–H groups in total. The van der Waals surface area contributed by atoms with Crippen molar-refractivity contribution < 1.29 is 4.90 Å². The van der Waals surface area contributed by atoms with E-state index in [-0.39, 0.29) is 0 Å². The molecule has 1 saturated heterocycles. The average Bonchev–Trinajstić information content (AvgIpc) is 3.16. The normalized spacial score (nSPS) is 21.3. The van der Waals surface area contributed by atoms with E-state index in [0.717, 1.165) is 39.3 Å². The Kier molecular flexibility index (Phi) is 3.83. The Balaban J connectivity index is 1.66. The fourth-order valence-corrected chi connectivity index (χ4v) is 3.89. The monoisotopic (exact) mass is 330 g/mol. The van der Waals surface area contributed by atoms with Crippen LogP contribution in [-0.2, 0) is 0 Å². The maximum absolute atomic E-state index is 6.12. The topological polar surface area (TPSA) is 58.0 Å². The summed E-state index contributed by atoms with van der Waals surface area (Å²) >= 11 is 6.12. The van der Waals surface area contributed by atoms with Gasteiger partial charge < -0.3 is 15.2 Å². The molecule has 3 aromatic rings. The number of halogens is 1. The van der Waals surface area contributed by atoms with Gasteiger partial charge in [-0.15, -0.1) is 0 Å². The summed E-state index contributed by atoms with van der Waals surface area (Å²) < 4.78 is 0. The van der Waals surface area contributed by atoms with Crippen molar-refractivity contribution in [3.05, 3.63) is 29.5 Å². The maximum Gasteiger partial charge on any atom is 0.154 e. The lowest BCUT2D eigenvalue weighted by Crippen LogP contribution is -3.14. The third-order valence-electron chi connectivity index (χ3n) is 4.94. The smallest absolute Gasteiger partial charge is 0.154 e. The van der Waals surface area contributed by atoms with E-state index in [1.54, 1.807) is 11.2 Å². The number of anilines is 1. The van der Waals surface area contributed by atoms with E-state index >= 15 is 0 Å². The standard InChI is InChI=1S/C17H20ClN5/c1-2-23-7-3-4-12(23)9-19-17-16-15(20-10-21-17)13-8-11(18)5-6-14(13)22-16/h5-6,8,10,12,22H,2-4,7,9H2,1H3,(H,19,20,21)/p+1/t12-/m0/s1. The predicted molar refractivity (Wildman–Crippen MR) is 94.3 cm³/mol. The van der Waals surface area contributed by atoms with Gasteiger partial charge in [-0.25, -0.2) is 9.97 Å². The summed E-state index contributed by atoms with van der Waals surface area (Å²) in [7, 11) is 0. The molecule has 0 amide bonds. The Hall–Kier alpha value is -1.85. The number of aromatic nitrogens is 3. The average molecular weight is 331 g/mol. The zero-order valence-corrected chi connectivity index (χ0v) is 14.0. The minimum absolute atomic E-state index is 0.670. The van der Waals surface area contributed by atoms with Gasteiger partial charge in [0.2, 0.25) is 0 Å². The fraction of sp³-hybridized carbons (Fsp3) is 0.412. The Labute approximate surface area is 140 Å². The van der Waals surface area contributed by atoms with E-state index in [4.69, 9.17) is 11.6 Å². The van der Waals surface area contributed by atoms with Crippen molar-refractivity contribution in [3.8, 4) is 0 Å². The number of fused-ring (bicyclic) bond motifs is 3. The van der Waals surface area contributed by atoms with Crippen LogP contribution in [-0.4, -0.2) is 40.6 Å². The molecule has 0 aliphatic carbocycles. The lowest BCUT2D eigenvalue weighted by atomic mass is 10.2. The number of hydrogen-bond acceptors (Lipinski definition) is 3. The minimum Gasteiger partial charge on any atom is -0.362 e. The van der Waals surface area contributed by atoms with Crippen LogP contribution in [0.4, 0.5) is 5.82 Å². The zero-order valence-electron chi connectivity index (χ0n) is 13.2. The van der Waals surface area contributed by atoms with Crippen molar-refractivity contribution in [3.63, 3.8) is 0 Å². The van der Waals surface area contributed by atoms with Gasteiger partial charge in [0.05, 0.1) is 19.6 Å². The second kappa shape index (κ2) is 5.98. The minimum atomic E-state index is 0.670. The Morgan fingerprint density at radius 2 is 2.30 bits per heavy atom. The third kappa shape index (κ3) is 2.64. The summed E-state index contributed by atoms with van der Waals surface area (Å²) in [6.45, 7) is 5.69. The molecular weight excluding hydrogens is 310 g/mol. The largest absolute Gasteiger partial charge is 0.362 e. The van der Waals surface area contributed by atoms with Gasteiger partial charge in [0.25, 0.3) is 0 Å². The van der Waals surface area contributed by atoms with E-state index in [9.17, 15) is 0 Å². The van der Waals surface area contributed by atoms with Crippen LogP contribution < -0.4 is 10.2 Å². The van der Waals surface area contributed by atoms with Gasteiger partial charge in [-0.3, -0.25) is 0 Å². The quantitative estimate of drug-likeness (QED) is 0.687. The van der Waals surface area contributed by atoms with Crippen LogP contribution in [0, 0.1) is 0 Å². The molecule has 23 heavy (non-hydrogen) atoms. The van der Waals surface area contributed by atoms with E-state index < -0.39 is 0 Å². The number of hydrogen-bond donors (Lipinski definition) is 3. The number of nitrogens with zero attached hydrogens (tertiary/aromatic N) is 2. The first-order valence-electron chi connectivity index (χ1n) is 8.26. The van der Waals surface area contributed by atoms with Gasteiger partial charge in [0, 0.05) is 28.8 Å².